The summed E-state index contributed by atoms with van der Waals surface area (Å²) in [6, 6.07) is 0. The number of ether oxygens (including phenoxy) is 1. The molecule has 0 bridgehead atoms. The Bertz CT molecular complexity index is 308. The Labute approximate surface area is 95.0 Å². The molecule has 2 aliphatic rings. The van der Waals surface area contributed by atoms with Gasteiger partial charge in [0.25, 0.3) is 0 Å². The van der Waals surface area contributed by atoms with Crippen LogP contribution in [-0.2, 0) is 14.3 Å². The lowest BCUT2D eigenvalue weighted by atomic mass is 9.70. The van der Waals surface area contributed by atoms with Gasteiger partial charge >= 0.3 is 11.9 Å². The third kappa shape index (κ3) is 1.60. The van der Waals surface area contributed by atoms with Crippen molar-refractivity contribution in [3.63, 3.8) is 0 Å². The van der Waals surface area contributed by atoms with Gasteiger partial charge in [0.2, 0.25) is 5.60 Å². The Balaban J connectivity index is 2.16. The van der Waals surface area contributed by atoms with Crippen LogP contribution in [0.2, 0.25) is 0 Å². The van der Waals surface area contributed by atoms with Gasteiger partial charge in [-0.1, -0.05) is 19.8 Å². The van der Waals surface area contributed by atoms with E-state index in [9.17, 15) is 14.7 Å². The summed E-state index contributed by atoms with van der Waals surface area (Å²) in [5.74, 6) is -1.43. The van der Waals surface area contributed by atoms with Crippen LogP contribution < -0.4 is 0 Å². The van der Waals surface area contributed by atoms with Crippen molar-refractivity contribution in [1.29, 1.82) is 0 Å². The maximum Gasteiger partial charge on any atom is 0.348 e. The number of carboxylic acids is 1. The van der Waals surface area contributed by atoms with Crippen molar-refractivity contribution in [2.45, 2.75) is 51.0 Å². The molecule has 1 aliphatic carbocycles. The Morgan fingerprint density at radius 2 is 2.25 bits per heavy atom. The molecule has 1 aliphatic heterocycles. The highest BCUT2D eigenvalue weighted by Gasteiger charge is 2.58. The summed E-state index contributed by atoms with van der Waals surface area (Å²) in [5, 5.41) is 9.33. The highest BCUT2D eigenvalue weighted by atomic mass is 16.6. The molecule has 2 atom stereocenters. The largest absolute Gasteiger partial charge is 0.478 e. The molecular formula is C12H18O4. The second kappa shape index (κ2) is 4.07. The van der Waals surface area contributed by atoms with Gasteiger partial charge in [-0.3, -0.25) is 4.79 Å². The average molecular weight is 226 g/mol. The minimum atomic E-state index is -1.20. The van der Waals surface area contributed by atoms with E-state index in [1.54, 1.807) is 0 Å². The van der Waals surface area contributed by atoms with Gasteiger partial charge in [-0.25, -0.2) is 4.79 Å². The second-order valence-corrected chi connectivity index (χ2v) is 4.93. The molecule has 1 heterocycles. The van der Waals surface area contributed by atoms with Gasteiger partial charge in [0.05, 0.1) is 5.92 Å². The van der Waals surface area contributed by atoms with E-state index in [1.807, 2.05) is 6.92 Å². The quantitative estimate of drug-likeness (QED) is 0.744. The van der Waals surface area contributed by atoms with Crippen LogP contribution in [0.4, 0.5) is 0 Å². The van der Waals surface area contributed by atoms with Gasteiger partial charge in [0.15, 0.2) is 0 Å². The SMILES string of the molecule is CCCC1CC(C(=O)O)(C2CCC2)OC1=O. The summed E-state index contributed by atoms with van der Waals surface area (Å²) >= 11 is 0. The van der Waals surface area contributed by atoms with Crippen molar-refractivity contribution in [3.05, 3.63) is 0 Å². The van der Waals surface area contributed by atoms with Crippen molar-refractivity contribution >= 4 is 11.9 Å². The van der Waals surface area contributed by atoms with Gasteiger partial charge in [-0.2, -0.15) is 0 Å². The van der Waals surface area contributed by atoms with Crippen LogP contribution >= 0.6 is 0 Å². The number of hydrogen-bond donors (Lipinski definition) is 1. The summed E-state index contributed by atoms with van der Waals surface area (Å²) in [5.41, 5.74) is -1.20. The van der Waals surface area contributed by atoms with E-state index < -0.39 is 11.6 Å². The first-order valence-corrected chi connectivity index (χ1v) is 6.06. The molecule has 1 saturated heterocycles. The van der Waals surface area contributed by atoms with E-state index in [4.69, 9.17) is 4.74 Å². The summed E-state index contributed by atoms with van der Waals surface area (Å²) in [4.78, 5) is 23.0. The molecule has 2 rings (SSSR count). The van der Waals surface area contributed by atoms with Gasteiger partial charge in [0, 0.05) is 12.3 Å². The molecule has 0 aromatic rings. The van der Waals surface area contributed by atoms with E-state index in [0.717, 1.165) is 32.1 Å². The molecule has 2 unspecified atom stereocenters. The van der Waals surface area contributed by atoms with Crippen LogP contribution in [-0.4, -0.2) is 22.6 Å². The van der Waals surface area contributed by atoms with Crippen LogP contribution in [0.5, 0.6) is 0 Å². The Hall–Kier alpha value is -1.06. The number of aliphatic carboxylic acids is 1. The van der Waals surface area contributed by atoms with E-state index in [0.29, 0.717) is 6.42 Å². The zero-order valence-corrected chi connectivity index (χ0v) is 9.57. The summed E-state index contributed by atoms with van der Waals surface area (Å²) < 4.78 is 5.24. The lowest BCUT2D eigenvalue weighted by molar-refractivity contribution is -0.179. The van der Waals surface area contributed by atoms with Gasteiger partial charge in [-0.15, -0.1) is 0 Å². The van der Waals surface area contributed by atoms with Gasteiger partial charge in [0.1, 0.15) is 0 Å². The minimum Gasteiger partial charge on any atom is -0.478 e. The van der Waals surface area contributed by atoms with Crippen LogP contribution in [0.3, 0.4) is 0 Å². The van der Waals surface area contributed by atoms with Crippen molar-refractivity contribution in [2.24, 2.45) is 11.8 Å². The molecule has 0 aromatic heterocycles. The maximum absolute atomic E-state index is 11.6. The first kappa shape index (κ1) is 11.4. The molecule has 2 fully saturated rings. The maximum atomic E-state index is 11.6. The molecular weight excluding hydrogens is 208 g/mol. The van der Waals surface area contributed by atoms with Crippen molar-refractivity contribution in [2.75, 3.05) is 0 Å². The smallest absolute Gasteiger partial charge is 0.348 e. The molecule has 0 aromatic carbocycles. The van der Waals surface area contributed by atoms with E-state index in [1.165, 1.54) is 0 Å². The van der Waals surface area contributed by atoms with Crippen molar-refractivity contribution in [3.8, 4) is 0 Å². The fraction of sp³-hybridized carbons (Fsp3) is 0.833. The molecule has 0 radical (unpaired) electrons. The number of hydrogen-bond acceptors (Lipinski definition) is 3. The lowest BCUT2D eigenvalue weighted by Gasteiger charge is -2.37. The molecule has 0 spiro atoms. The molecule has 90 valence electrons. The first-order valence-electron chi connectivity index (χ1n) is 6.06. The fourth-order valence-corrected chi connectivity index (χ4v) is 2.75. The third-order valence-corrected chi connectivity index (χ3v) is 3.93. The standard InChI is InChI=1S/C12H18O4/c1-2-4-8-7-12(11(14)15,16-10(8)13)9-5-3-6-9/h8-9H,2-7H2,1H3,(H,14,15). The normalized spacial score (nSPS) is 34.6. The predicted molar refractivity (Wildman–Crippen MR) is 56.8 cm³/mol. The Morgan fingerprint density at radius 3 is 2.69 bits per heavy atom. The van der Waals surface area contributed by atoms with Crippen LogP contribution in [0, 0.1) is 11.8 Å². The van der Waals surface area contributed by atoms with Crippen LogP contribution in [0.25, 0.3) is 0 Å². The number of rotatable bonds is 4. The van der Waals surface area contributed by atoms with E-state index >= 15 is 0 Å². The summed E-state index contributed by atoms with van der Waals surface area (Å²) in [7, 11) is 0. The number of cyclic esters (lactones) is 1. The average Bonchev–Trinajstić information content (AvgIpc) is 2.42. The monoisotopic (exact) mass is 226 g/mol. The molecule has 4 nitrogen and oxygen atoms in total. The second-order valence-electron chi connectivity index (χ2n) is 4.93. The Kier molecular flexibility index (Phi) is 2.91. The number of carboxylic acid groups (broad SMARTS) is 1. The number of esters is 1. The molecule has 16 heavy (non-hydrogen) atoms. The van der Waals surface area contributed by atoms with Crippen LogP contribution in [0.15, 0.2) is 0 Å². The van der Waals surface area contributed by atoms with Crippen LogP contribution in [0.1, 0.15) is 45.4 Å². The summed E-state index contributed by atoms with van der Waals surface area (Å²) in [6.45, 7) is 2.00. The molecule has 1 saturated carbocycles. The van der Waals surface area contributed by atoms with E-state index in [-0.39, 0.29) is 17.8 Å². The number of carbonyl (C=O) groups excluding carboxylic acids is 1. The fourth-order valence-electron chi connectivity index (χ4n) is 2.75. The predicted octanol–water partition coefficient (Wildman–Crippen LogP) is 1.97. The molecule has 4 heteroatoms. The van der Waals surface area contributed by atoms with Crippen molar-refractivity contribution in [1.82, 2.24) is 0 Å². The Morgan fingerprint density at radius 1 is 1.56 bits per heavy atom. The zero-order chi connectivity index (χ0) is 11.8. The lowest BCUT2D eigenvalue weighted by Crippen LogP contribution is -2.48. The molecule has 0 amide bonds. The van der Waals surface area contributed by atoms with Gasteiger partial charge < -0.3 is 9.84 Å². The third-order valence-electron chi connectivity index (χ3n) is 3.93. The minimum absolute atomic E-state index is 0.0378. The van der Waals surface area contributed by atoms with E-state index in [2.05, 4.69) is 0 Å². The topological polar surface area (TPSA) is 63.6 Å². The zero-order valence-electron chi connectivity index (χ0n) is 9.57. The highest BCUT2D eigenvalue weighted by Crippen LogP contribution is 2.47. The number of carbonyl (C=O) groups is 2. The molecule has 1 N–H and O–H groups in total. The van der Waals surface area contributed by atoms with Gasteiger partial charge in [-0.05, 0) is 19.3 Å². The van der Waals surface area contributed by atoms with Crippen molar-refractivity contribution < 1.29 is 19.4 Å². The first-order chi connectivity index (χ1) is 7.60. The summed E-state index contributed by atoms with van der Waals surface area (Å²) in [6.07, 6.45) is 4.80. The highest BCUT2D eigenvalue weighted by molar-refractivity contribution is 5.87.